The molecule has 0 spiro atoms. The van der Waals surface area contributed by atoms with Crippen molar-refractivity contribution in [3.05, 3.63) is 89.5 Å². The predicted octanol–water partition coefficient (Wildman–Crippen LogP) is 6.46. The van der Waals surface area contributed by atoms with E-state index in [1.54, 1.807) is 0 Å². The van der Waals surface area contributed by atoms with Crippen LogP contribution in [0.4, 0.5) is 0 Å². The molecule has 0 radical (unpaired) electrons. The van der Waals surface area contributed by atoms with Gasteiger partial charge in [-0.05, 0) is 66.6 Å². The molecule has 3 aromatic carbocycles. The van der Waals surface area contributed by atoms with Gasteiger partial charge in [0.05, 0.1) is 6.61 Å². The van der Waals surface area contributed by atoms with Gasteiger partial charge in [0, 0.05) is 12.1 Å². The van der Waals surface area contributed by atoms with Gasteiger partial charge >= 0.3 is 0 Å². The van der Waals surface area contributed by atoms with Crippen molar-refractivity contribution in [2.75, 3.05) is 6.61 Å². The zero-order chi connectivity index (χ0) is 20.1. The van der Waals surface area contributed by atoms with Crippen molar-refractivity contribution in [2.24, 2.45) is 11.7 Å². The number of benzene rings is 3. The second-order valence-electron chi connectivity index (χ2n) is 7.69. The molecule has 2 N–H and O–H groups in total. The van der Waals surface area contributed by atoms with E-state index in [-0.39, 0.29) is 6.04 Å². The Morgan fingerprint density at radius 2 is 1.48 bits per heavy atom. The van der Waals surface area contributed by atoms with E-state index in [1.165, 1.54) is 12.8 Å². The largest absolute Gasteiger partial charge is 0.493 e. The van der Waals surface area contributed by atoms with Crippen LogP contribution in [0.25, 0.3) is 12.2 Å². The first-order valence-corrected chi connectivity index (χ1v) is 10.2. The fourth-order valence-corrected chi connectivity index (χ4v) is 3.01. The summed E-state index contributed by atoms with van der Waals surface area (Å²) in [6.45, 7) is 2.80. The number of nitrogens with two attached hydrogens (primary N) is 1. The number of rotatable bonds is 8. The van der Waals surface area contributed by atoms with Crippen LogP contribution in [0.3, 0.4) is 0 Å². The summed E-state index contributed by atoms with van der Waals surface area (Å²) in [6.07, 6.45) is 6.77. The maximum Gasteiger partial charge on any atom is 0.131 e. The number of hydrogen-bond acceptors (Lipinski definition) is 3. The molecular formula is C26H27NO2. The van der Waals surface area contributed by atoms with Gasteiger partial charge in [-0.25, -0.2) is 0 Å². The van der Waals surface area contributed by atoms with Crippen molar-refractivity contribution in [2.45, 2.75) is 25.8 Å². The highest BCUT2D eigenvalue weighted by atomic mass is 16.5. The van der Waals surface area contributed by atoms with Crippen LogP contribution in [0.5, 0.6) is 17.2 Å². The van der Waals surface area contributed by atoms with E-state index in [1.807, 2.05) is 43.3 Å². The molecule has 1 aliphatic carbocycles. The van der Waals surface area contributed by atoms with Crippen molar-refractivity contribution >= 4 is 12.2 Å². The third-order valence-corrected chi connectivity index (χ3v) is 5.03. The van der Waals surface area contributed by atoms with E-state index in [9.17, 15) is 0 Å². The van der Waals surface area contributed by atoms with Gasteiger partial charge in [-0.15, -0.1) is 0 Å². The van der Waals surface area contributed by atoms with Crippen LogP contribution in [0.1, 0.15) is 42.5 Å². The lowest BCUT2D eigenvalue weighted by molar-refractivity contribution is 0.298. The van der Waals surface area contributed by atoms with Gasteiger partial charge in [0.2, 0.25) is 0 Å². The number of hydrogen-bond donors (Lipinski definition) is 1. The van der Waals surface area contributed by atoms with Crippen LogP contribution in [-0.2, 0) is 0 Å². The summed E-state index contributed by atoms with van der Waals surface area (Å²) in [5, 5.41) is 0. The summed E-state index contributed by atoms with van der Waals surface area (Å²) in [5.74, 6) is 3.20. The van der Waals surface area contributed by atoms with E-state index >= 15 is 0 Å². The van der Waals surface area contributed by atoms with Crippen LogP contribution < -0.4 is 15.2 Å². The Hall–Kier alpha value is -3.04. The van der Waals surface area contributed by atoms with Crippen molar-refractivity contribution in [3.63, 3.8) is 0 Å². The smallest absolute Gasteiger partial charge is 0.131 e. The van der Waals surface area contributed by atoms with Crippen LogP contribution >= 0.6 is 0 Å². The summed E-state index contributed by atoms with van der Waals surface area (Å²) in [4.78, 5) is 0. The summed E-state index contributed by atoms with van der Waals surface area (Å²) in [5.41, 5.74) is 9.31. The second-order valence-corrected chi connectivity index (χ2v) is 7.69. The van der Waals surface area contributed by atoms with Crippen LogP contribution in [0, 0.1) is 5.92 Å². The van der Waals surface area contributed by atoms with Crippen LogP contribution in [-0.4, -0.2) is 6.61 Å². The SMILES string of the molecule is CC(N)c1ccc(/C=C/c2ccc(Oc3cccc(OCC4CC4)c3)cc2)cc1. The first kappa shape index (κ1) is 19.3. The van der Waals surface area contributed by atoms with Crippen LogP contribution in [0.15, 0.2) is 72.8 Å². The quantitative estimate of drug-likeness (QED) is 0.453. The minimum atomic E-state index is 0.0611. The molecule has 3 aromatic rings. The standard InChI is InChI=1S/C26H27NO2/c1-19(27)23-13-9-20(10-14-23)5-6-21-11-15-24(16-12-21)29-26-4-2-3-25(17-26)28-18-22-7-8-22/h2-6,9-17,19,22H,7-8,18,27H2,1H3/b6-5+. The lowest BCUT2D eigenvalue weighted by Crippen LogP contribution is -2.04. The first-order valence-electron chi connectivity index (χ1n) is 10.2. The molecule has 0 aliphatic heterocycles. The van der Waals surface area contributed by atoms with Crippen molar-refractivity contribution in [1.82, 2.24) is 0 Å². The average Bonchev–Trinajstić information content (AvgIpc) is 3.57. The molecule has 3 heteroatoms. The molecule has 1 unspecified atom stereocenters. The monoisotopic (exact) mass is 385 g/mol. The van der Waals surface area contributed by atoms with Gasteiger partial charge in [0.1, 0.15) is 17.2 Å². The second kappa shape index (κ2) is 8.97. The van der Waals surface area contributed by atoms with E-state index in [2.05, 4.69) is 48.6 Å². The van der Waals surface area contributed by atoms with E-state index in [0.717, 1.165) is 46.5 Å². The topological polar surface area (TPSA) is 44.5 Å². The molecule has 0 saturated heterocycles. The van der Waals surface area contributed by atoms with Gasteiger partial charge in [0.25, 0.3) is 0 Å². The van der Waals surface area contributed by atoms with Gasteiger partial charge in [-0.2, -0.15) is 0 Å². The molecular weight excluding hydrogens is 358 g/mol. The normalized spacial score (nSPS) is 14.7. The van der Waals surface area contributed by atoms with Crippen molar-refractivity contribution in [3.8, 4) is 17.2 Å². The van der Waals surface area contributed by atoms with Crippen LogP contribution in [0.2, 0.25) is 0 Å². The van der Waals surface area contributed by atoms with Crippen molar-refractivity contribution in [1.29, 1.82) is 0 Å². The summed E-state index contributed by atoms with van der Waals surface area (Å²) in [6, 6.07) is 24.3. The van der Waals surface area contributed by atoms with E-state index < -0.39 is 0 Å². The Morgan fingerprint density at radius 3 is 2.10 bits per heavy atom. The third-order valence-electron chi connectivity index (χ3n) is 5.03. The predicted molar refractivity (Wildman–Crippen MR) is 119 cm³/mol. The maximum absolute atomic E-state index is 5.98. The zero-order valence-electron chi connectivity index (χ0n) is 16.8. The molecule has 1 fully saturated rings. The van der Waals surface area contributed by atoms with Gasteiger partial charge < -0.3 is 15.2 Å². The molecule has 0 amide bonds. The third kappa shape index (κ3) is 5.72. The minimum Gasteiger partial charge on any atom is -0.493 e. The highest BCUT2D eigenvalue weighted by molar-refractivity contribution is 5.70. The molecule has 0 aromatic heterocycles. The molecule has 148 valence electrons. The van der Waals surface area contributed by atoms with E-state index in [0.29, 0.717) is 0 Å². The van der Waals surface area contributed by atoms with Gasteiger partial charge in [-0.3, -0.25) is 0 Å². The Kier molecular flexibility index (Phi) is 5.97. The highest BCUT2D eigenvalue weighted by Gasteiger charge is 2.21. The zero-order valence-corrected chi connectivity index (χ0v) is 16.8. The molecule has 3 nitrogen and oxygen atoms in total. The lowest BCUT2D eigenvalue weighted by Gasteiger charge is -2.09. The Bertz CT molecular complexity index is 955. The Morgan fingerprint density at radius 1 is 0.862 bits per heavy atom. The molecule has 0 bridgehead atoms. The fourth-order valence-electron chi connectivity index (χ4n) is 3.01. The van der Waals surface area contributed by atoms with Crippen molar-refractivity contribution < 1.29 is 9.47 Å². The van der Waals surface area contributed by atoms with E-state index in [4.69, 9.17) is 15.2 Å². The molecule has 4 rings (SSSR count). The first-order chi connectivity index (χ1) is 14.2. The average molecular weight is 386 g/mol. The number of ether oxygens (including phenoxy) is 2. The Labute approximate surface area is 172 Å². The molecule has 0 heterocycles. The summed E-state index contributed by atoms with van der Waals surface area (Å²) >= 11 is 0. The molecule has 1 aliphatic rings. The lowest BCUT2D eigenvalue weighted by atomic mass is 10.1. The molecule has 29 heavy (non-hydrogen) atoms. The summed E-state index contributed by atoms with van der Waals surface area (Å²) in [7, 11) is 0. The summed E-state index contributed by atoms with van der Waals surface area (Å²) < 4.78 is 11.8. The van der Waals surface area contributed by atoms with Gasteiger partial charge in [-0.1, -0.05) is 54.6 Å². The molecule has 1 saturated carbocycles. The highest BCUT2D eigenvalue weighted by Crippen LogP contribution is 2.31. The maximum atomic E-state index is 5.98. The molecule has 1 atom stereocenters. The Balaban J connectivity index is 1.35. The minimum absolute atomic E-state index is 0.0611. The fraction of sp³-hybridized carbons (Fsp3) is 0.231. The van der Waals surface area contributed by atoms with Gasteiger partial charge in [0.15, 0.2) is 0 Å².